The predicted octanol–water partition coefficient (Wildman–Crippen LogP) is 5.10. The fourth-order valence-electron chi connectivity index (χ4n) is 3.24. The van der Waals surface area contributed by atoms with Gasteiger partial charge in [-0.2, -0.15) is 0 Å². The van der Waals surface area contributed by atoms with E-state index >= 15 is 0 Å². The summed E-state index contributed by atoms with van der Waals surface area (Å²) in [6.45, 7) is 9.11. The molecule has 1 unspecified atom stereocenters. The molecule has 2 nitrogen and oxygen atoms in total. The van der Waals surface area contributed by atoms with Crippen molar-refractivity contribution in [1.29, 1.82) is 0 Å². The van der Waals surface area contributed by atoms with Gasteiger partial charge in [0.05, 0.1) is 6.04 Å². The van der Waals surface area contributed by atoms with E-state index in [-0.39, 0.29) is 11.9 Å². The van der Waals surface area contributed by atoms with Crippen molar-refractivity contribution in [2.24, 2.45) is 5.92 Å². The van der Waals surface area contributed by atoms with Gasteiger partial charge in [-0.3, -0.25) is 4.79 Å². The first-order chi connectivity index (χ1) is 10.7. The molecule has 1 aliphatic rings. The zero-order chi connectivity index (χ0) is 16.2. The lowest BCUT2D eigenvalue weighted by molar-refractivity contribution is -0.119. The number of allylic oxidation sites excluding steroid dienone is 4. The summed E-state index contributed by atoms with van der Waals surface area (Å²) in [6, 6.07) is 0.0659. The van der Waals surface area contributed by atoms with Gasteiger partial charge in [0.25, 0.3) is 0 Å². The number of hydrogen-bond acceptors (Lipinski definition) is 1. The third-order valence-corrected chi connectivity index (χ3v) is 4.31. The van der Waals surface area contributed by atoms with Crippen LogP contribution in [-0.2, 0) is 4.79 Å². The van der Waals surface area contributed by atoms with Crippen LogP contribution < -0.4 is 5.32 Å². The van der Waals surface area contributed by atoms with E-state index in [1.54, 1.807) is 19.1 Å². The van der Waals surface area contributed by atoms with Crippen molar-refractivity contribution in [2.75, 3.05) is 0 Å². The van der Waals surface area contributed by atoms with Crippen molar-refractivity contribution in [3.05, 3.63) is 49.1 Å². The molecule has 0 bridgehead atoms. The molecule has 122 valence electrons. The molecule has 0 heterocycles. The molecule has 0 aliphatic heterocycles. The van der Waals surface area contributed by atoms with Crippen molar-refractivity contribution in [2.45, 2.75) is 64.3 Å². The summed E-state index contributed by atoms with van der Waals surface area (Å²) in [5.41, 5.74) is 1.10. The van der Waals surface area contributed by atoms with Crippen molar-refractivity contribution >= 4 is 5.91 Å². The van der Waals surface area contributed by atoms with Crippen LogP contribution in [-0.4, -0.2) is 11.9 Å². The largest absolute Gasteiger partial charge is 0.350 e. The molecule has 1 fully saturated rings. The lowest BCUT2D eigenvalue weighted by Crippen LogP contribution is -2.36. The predicted molar refractivity (Wildman–Crippen MR) is 95.6 cm³/mol. The van der Waals surface area contributed by atoms with Crippen LogP contribution in [0.1, 0.15) is 58.3 Å². The quantitative estimate of drug-likeness (QED) is 0.651. The molecular weight excluding hydrogens is 270 g/mol. The minimum absolute atomic E-state index is 0.0257. The summed E-state index contributed by atoms with van der Waals surface area (Å²) in [6.07, 6.45) is 19.8. The maximum Gasteiger partial charge on any atom is 0.217 e. The zero-order valence-electron chi connectivity index (χ0n) is 14.0. The Hall–Kier alpha value is -1.57. The molecule has 1 aliphatic carbocycles. The van der Waals surface area contributed by atoms with Crippen LogP contribution in [0.5, 0.6) is 0 Å². The summed E-state index contributed by atoms with van der Waals surface area (Å²) in [7, 11) is 0. The molecule has 0 spiro atoms. The fraction of sp³-hybridized carbons (Fsp3) is 0.550. The lowest BCUT2D eigenvalue weighted by Gasteiger charge is -2.26. The molecule has 0 saturated heterocycles. The van der Waals surface area contributed by atoms with Gasteiger partial charge in [-0.05, 0) is 17.9 Å². The highest BCUT2D eigenvalue weighted by molar-refractivity contribution is 5.73. The van der Waals surface area contributed by atoms with Gasteiger partial charge in [-0.1, -0.05) is 88.5 Å². The van der Waals surface area contributed by atoms with Gasteiger partial charge in [0, 0.05) is 6.92 Å². The maximum absolute atomic E-state index is 11.6. The van der Waals surface area contributed by atoms with E-state index in [1.165, 1.54) is 44.9 Å². The number of amides is 1. The Morgan fingerprint density at radius 2 is 1.77 bits per heavy atom. The molecule has 0 aromatic rings. The molecule has 1 atom stereocenters. The van der Waals surface area contributed by atoms with Crippen molar-refractivity contribution in [3.63, 3.8) is 0 Å². The van der Waals surface area contributed by atoms with E-state index in [4.69, 9.17) is 0 Å². The molecule has 1 rings (SSSR count). The first-order valence-electron chi connectivity index (χ1n) is 8.56. The SMILES string of the molecule is C=C/C=C\C(=C/C=C)C(CC1CCCCCCC1)NC(C)=O. The van der Waals surface area contributed by atoms with Crippen LogP contribution in [0.25, 0.3) is 0 Å². The van der Waals surface area contributed by atoms with Gasteiger partial charge in [-0.25, -0.2) is 0 Å². The molecule has 0 radical (unpaired) electrons. The summed E-state index contributed by atoms with van der Waals surface area (Å²) in [5.74, 6) is 0.723. The molecular formula is C20H31NO. The Labute approximate surface area is 136 Å². The number of hydrogen-bond donors (Lipinski definition) is 1. The Morgan fingerprint density at radius 1 is 1.14 bits per heavy atom. The first-order valence-corrected chi connectivity index (χ1v) is 8.56. The van der Waals surface area contributed by atoms with E-state index in [9.17, 15) is 4.79 Å². The number of nitrogens with one attached hydrogen (secondary N) is 1. The number of carbonyl (C=O) groups is 1. The minimum Gasteiger partial charge on any atom is -0.350 e. The molecule has 22 heavy (non-hydrogen) atoms. The van der Waals surface area contributed by atoms with E-state index in [2.05, 4.69) is 18.5 Å². The van der Waals surface area contributed by atoms with E-state index in [1.807, 2.05) is 18.2 Å². The van der Waals surface area contributed by atoms with Crippen LogP contribution in [0.4, 0.5) is 0 Å². The summed E-state index contributed by atoms with van der Waals surface area (Å²) in [4.78, 5) is 11.6. The average Bonchev–Trinajstić information content (AvgIpc) is 2.44. The van der Waals surface area contributed by atoms with Crippen LogP contribution >= 0.6 is 0 Å². The van der Waals surface area contributed by atoms with E-state index in [0.717, 1.165) is 12.0 Å². The van der Waals surface area contributed by atoms with Crippen LogP contribution in [0.3, 0.4) is 0 Å². The summed E-state index contributed by atoms with van der Waals surface area (Å²) >= 11 is 0. The smallest absolute Gasteiger partial charge is 0.217 e. The highest BCUT2D eigenvalue weighted by atomic mass is 16.1. The number of rotatable bonds is 7. The topological polar surface area (TPSA) is 29.1 Å². The van der Waals surface area contributed by atoms with Crippen molar-refractivity contribution in [1.82, 2.24) is 5.32 Å². The van der Waals surface area contributed by atoms with Gasteiger partial charge >= 0.3 is 0 Å². The molecule has 1 saturated carbocycles. The molecule has 1 amide bonds. The van der Waals surface area contributed by atoms with Crippen LogP contribution in [0.2, 0.25) is 0 Å². The van der Waals surface area contributed by atoms with Gasteiger partial charge in [0.15, 0.2) is 0 Å². The minimum atomic E-state index is 0.0257. The van der Waals surface area contributed by atoms with Gasteiger partial charge in [0.1, 0.15) is 0 Å². The third kappa shape index (κ3) is 7.44. The van der Waals surface area contributed by atoms with Crippen molar-refractivity contribution < 1.29 is 4.79 Å². The van der Waals surface area contributed by atoms with Crippen LogP contribution in [0, 0.1) is 5.92 Å². The molecule has 0 aromatic heterocycles. The Kier molecular flexibility index (Phi) is 9.29. The Morgan fingerprint density at radius 3 is 2.32 bits per heavy atom. The Bertz CT molecular complexity index is 411. The first kappa shape index (κ1) is 18.5. The molecule has 0 aromatic carbocycles. The third-order valence-electron chi connectivity index (χ3n) is 4.31. The fourth-order valence-corrected chi connectivity index (χ4v) is 3.24. The second-order valence-corrected chi connectivity index (χ2v) is 6.20. The normalized spacial score (nSPS) is 19.2. The van der Waals surface area contributed by atoms with Gasteiger partial charge < -0.3 is 5.32 Å². The average molecular weight is 301 g/mol. The van der Waals surface area contributed by atoms with E-state index < -0.39 is 0 Å². The van der Waals surface area contributed by atoms with Gasteiger partial charge in [0.2, 0.25) is 5.91 Å². The second kappa shape index (κ2) is 11.1. The Balaban J connectivity index is 2.82. The lowest BCUT2D eigenvalue weighted by atomic mass is 9.84. The monoisotopic (exact) mass is 301 g/mol. The summed E-state index contributed by atoms with van der Waals surface area (Å²) < 4.78 is 0. The molecule has 1 N–H and O–H groups in total. The standard InChI is InChI=1S/C20H31NO/c1-4-6-15-19(12-5-2)20(21-17(3)22)16-18-13-10-8-7-9-11-14-18/h4-6,12,15,18,20H,1-2,7-11,13-14,16H2,3H3,(H,21,22)/b15-6-,19-12+. The zero-order valence-corrected chi connectivity index (χ0v) is 14.0. The van der Waals surface area contributed by atoms with Crippen LogP contribution in [0.15, 0.2) is 49.1 Å². The second-order valence-electron chi connectivity index (χ2n) is 6.20. The van der Waals surface area contributed by atoms with E-state index in [0.29, 0.717) is 5.92 Å². The van der Waals surface area contributed by atoms with Gasteiger partial charge in [-0.15, -0.1) is 0 Å². The van der Waals surface area contributed by atoms with Crippen molar-refractivity contribution in [3.8, 4) is 0 Å². The number of carbonyl (C=O) groups excluding carboxylic acids is 1. The highest BCUT2D eigenvalue weighted by Crippen LogP contribution is 2.27. The highest BCUT2D eigenvalue weighted by Gasteiger charge is 2.20. The molecule has 2 heteroatoms. The summed E-state index contributed by atoms with van der Waals surface area (Å²) in [5, 5.41) is 3.12. The maximum atomic E-state index is 11.6.